The van der Waals surface area contributed by atoms with Crippen LogP contribution in [0.5, 0.6) is 0 Å². The topological polar surface area (TPSA) is 113 Å². The number of halogens is 2. The summed E-state index contributed by atoms with van der Waals surface area (Å²) >= 11 is 7.69. The highest BCUT2D eigenvalue weighted by Gasteiger charge is 2.39. The molecule has 2 aromatic rings. The highest BCUT2D eigenvalue weighted by Crippen LogP contribution is 2.37. The molecule has 12 heteroatoms. The van der Waals surface area contributed by atoms with Crippen LogP contribution < -0.4 is 5.32 Å². The van der Waals surface area contributed by atoms with Crippen molar-refractivity contribution >= 4 is 40.7 Å². The fourth-order valence-electron chi connectivity index (χ4n) is 4.09. The Morgan fingerprint density at radius 1 is 1.44 bits per heavy atom. The number of methoxy groups -OCH3 is 1. The molecule has 0 unspecified atom stereocenters. The number of benzene rings is 1. The van der Waals surface area contributed by atoms with Gasteiger partial charge in [-0.2, -0.15) is 0 Å². The first-order chi connectivity index (χ1) is 16.3. The number of aliphatic imine (C=N–C) groups is 1. The van der Waals surface area contributed by atoms with E-state index in [4.69, 9.17) is 21.1 Å². The number of carbonyl (C=O) groups excluding carboxylic acids is 1. The maximum atomic E-state index is 13.8. The van der Waals surface area contributed by atoms with Crippen LogP contribution in [0.15, 0.2) is 46.0 Å². The van der Waals surface area contributed by atoms with Crippen molar-refractivity contribution in [3.05, 3.63) is 62.5 Å². The summed E-state index contributed by atoms with van der Waals surface area (Å²) in [6.07, 6.45) is 1.07. The molecule has 1 aromatic carbocycles. The molecule has 0 saturated carbocycles. The number of morpholine rings is 1. The van der Waals surface area contributed by atoms with Gasteiger partial charge in [0.15, 0.2) is 10.8 Å². The fraction of sp³-hybridized carbons (Fsp3) is 0.364. The molecule has 2 N–H and O–H groups in total. The van der Waals surface area contributed by atoms with Gasteiger partial charge in [-0.3, -0.25) is 14.7 Å². The third kappa shape index (κ3) is 4.83. The number of nitrogens with zero attached hydrogens (tertiary/aromatic N) is 3. The van der Waals surface area contributed by atoms with Gasteiger partial charge in [0, 0.05) is 40.9 Å². The number of thiazole rings is 1. The molecule has 0 spiro atoms. The van der Waals surface area contributed by atoms with Gasteiger partial charge >= 0.3 is 11.9 Å². The van der Waals surface area contributed by atoms with E-state index in [1.165, 1.54) is 30.6 Å². The van der Waals surface area contributed by atoms with Crippen molar-refractivity contribution in [2.75, 3.05) is 26.8 Å². The van der Waals surface area contributed by atoms with Gasteiger partial charge in [-0.25, -0.2) is 14.2 Å². The number of rotatable bonds is 6. The van der Waals surface area contributed by atoms with Gasteiger partial charge in [0.05, 0.1) is 25.4 Å². The SMILES string of the molecule is COC(=O)C1=C(CN2CCO[C@H](C)[C@H]2C(=O)O)NC(c2nccs2)=N[C@H]1c1ccc(F)cc1Cl. The van der Waals surface area contributed by atoms with Crippen molar-refractivity contribution in [3.8, 4) is 0 Å². The fourth-order valence-corrected chi connectivity index (χ4v) is 4.95. The zero-order valence-electron chi connectivity index (χ0n) is 18.3. The molecule has 3 heterocycles. The summed E-state index contributed by atoms with van der Waals surface area (Å²) in [5.41, 5.74) is 0.957. The van der Waals surface area contributed by atoms with Crippen LogP contribution in [0.2, 0.25) is 5.02 Å². The second-order valence-corrected chi connectivity index (χ2v) is 9.02. The molecule has 4 rings (SSSR count). The van der Waals surface area contributed by atoms with Crippen LogP contribution in [0.3, 0.4) is 0 Å². The van der Waals surface area contributed by atoms with E-state index in [9.17, 15) is 19.1 Å². The Morgan fingerprint density at radius 2 is 2.24 bits per heavy atom. The summed E-state index contributed by atoms with van der Waals surface area (Å²) in [5.74, 6) is -1.84. The quantitative estimate of drug-likeness (QED) is 0.572. The number of esters is 1. The predicted molar refractivity (Wildman–Crippen MR) is 123 cm³/mol. The monoisotopic (exact) mass is 508 g/mol. The molecule has 0 bridgehead atoms. The van der Waals surface area contributed by atoms with Crippen LogP contribution >= 0.6 is 22.9 Å². The number of carboxylic acids is 1. The molecule has 1 aromatic heterocycles. The molecule has 0 radical (unpaired) electrons. The molecule has 0 amide bonds. The van der Waals surface area contributed by atoms with Crippen LogP contribution in [0.4, 0.5) is 4.39 Å². The van der Waals surface area contributed by atoms with Gasteiger partial charge in [0.2, 0.25) is 0 Å². The van der Waals surface area contributed by atoms with Crippen LogP contribution in [0.1, 0.15) is 23.5 Å². The summed E-state index contributed by atoms with van der Waals surface area (Å²) in [6.45, 7) is 2.45. The Morgan fingerprint density at radius 3 is 2.88 bits per heavy atom. The second-order valence-electron chi connectivity index (χ2n) is 7.72. The largest absolute Gasteiger partial charge is 0.480 e. The number of nitrogens with one attached hydrogen (secondary N) is 1. The molecular weight excluding hydrogens is 487 g/mol. The third-order valence-electron chi connectivity index (χ3n) is 5.63. The Balaban J connectivity index is 1.83. The van der Waals surface area contributed by atoms with Crippen molar-refractivity contribution in [1.82, 2.24) is 15.2 Å². The summed E-state index contributed by atoms with van der Waals surface area (Å²) < 4.78 is 24.3. The van der Waals surface area contributed by atoms with Gasteiger partial charge in [0.25, 0.3) is 0 Å². The number of aliphatic carboxylic acids is 1. The lowest BCUT2D eigenvalue weighted by Crippen LogP contribution is -2.56. The number of hydrogen-bond donors (Lipinski definition) is 2. The number of amidine groups is 1. The molecular formula is C22H22ClFN4O5S. The molecule has 9 nitrogen and oxygen atoms in total. The lowest BCUT2D eigenvalue weighted by atomic mass is 9.94. The molecule has 3 atom stereocenters. The Bertz CT molecular complexity index is 1160. The molecule has 1 saturated heterocycles. The Kier molecular flexibility index (Phi) is 7.27. The Hall–Kier alpha value is -2.86. The highest BCUT2D eigenvalue weighted by molar-refractivity contribution is 7.11. The van der Waals surface area contributed by atoms with Gasteiger partial charge < -0.3 is 19.9 Å². The lowest BCUT2D eigenvalue weighted by Gasteiger charge is -2.38. The number of aromatic nitrogens is 1. The zero-order valence-corrected chi connectivity index (χ0v) is 19.9. The second kappa shape index (κ2) is 10.2. The van der Waals surface area contributed by atoms with Gasteiger partial charge in [-0.05, 0) is 19.1 Å². The molecule has 0 aliphatic carbocycles. The van der Waals surface area contributed by atoms with Crippen LogP contribution in [-0.2, 0) is 19.1 Å². The third-order valence-corrected chi connectivity index (χ3v) is 6.74. The van der Waals surface area contributed by atoms with Crippen molar-refractivity contribution in [1.29, 1.82) is 0 Å². The molecule has 34 heavy (non-hydrogen) atoms. The average Bonchev–Trinajstić information content (AvgIpc) is 3.33. The van der Waals surface area contributed by atoms with Crippen LogP contribution in [0.25, 0.3) is 0 Å². The number of ether oxygens (including phenoxy) is 2. The lowest BCUT2D eigenvalue weighted by molar-refractivity contribution is -0.155. The average molecular weight is 509 g/mol. The van der Waals surface area contributed by atoms with Gasteiger partial charge in [0.1, 0.15) is 17.9 Å². The van der Waals surface area contributed by atoms with Crippen molar-refractivity contribution in [2.45, 2.75) is 25.1 Å². The van der Waals surface area contributed by atoms with Crippen molar-refractivity contribution < 1.29 is 28.6 Å². The summed E-state index contributed by atoms with van der Waals surface area (Å²) in [5, 5.41) is 15.4. The smallest absolute Gasteiger partial charge is 0.338 e. The number of carbonyl (C=O) groups is 2. The summed E-state index contributed by atoms with van der Waals surface area (Å²) in [4.78, 5) is 35.6. The van der Waals surface area contributed by atoms with E-state index in [0.717, 1.165) is 6.07 Å². The first kappa shape index (κ1) is 24.3. The van der Waals surface area contributed by atoms with E-state index in [2.05, 4.69) is 15.3 Å². The van der Waals surface area contributed by atoms with E-state index in [1.807, 2.05) is 0 Å². The van der Waals surface area contributed by atoms with E-state index >= 15 is 0 Å². The van der Waals surface area contributed by atoms with Gasteiger partial charge in [-0.1, -0.05) is 17.7 Å². The normalized spacial score (nSPS) is 23.3. The summed E-state index contributed by atoms with van der Waals surface area (Å²) in [6, 6.07) is 2.01. The number of carboxylic acid groups (broad SMARTS) is 1. The van der Waals surface area contributed by atoms with E-state index in [1.54, 1.807) is 23.4 Å². The summed E-state index contributed by atoms with van der Waals surface area (Å²) in [7, 11) is 1.24. The molecule has 2 aliphatic rings. The van der Waals surface area contributed by atoms with Crippen LogP contribution in [-0.4, -0.2) is 71.7 Å². The van der Waals surface area contributed by atoms with Crippen molar-refractivity contribution in [3.63, 3.8) is 0 Å². The minimum Gasteiger partial charge on any atom is -0.480 e. The Labute approximate surface area is 203 Å². The van der Waals surface area contributed by atoms with Crippen LogP contribution in [0, 0.1) is 5.82 Å². The molecule has 2 aliphatic heterocycles. The first-order valence-corrected chi connectivity index (χ1v) is 11.6. The maximum Gasteiger partial charge on any atom is 0.338 e. The van der Waals surface area contributed by atoms with E-state index < -0.39 is 35.9 Å². The highest BCUT2D eigenvalue weighted by atomic mass is 35.5. The molecule has 1 fully saturated rings. The van der Waals surface area contributed by atoms with Crippen molar-refractivity contribution in [2.24, 2.45) is 4.99 Å². The predicted octanol–water partition coefficient (Wildman–Crippen LogP) is 2.63. The number of hydrogen-bond acceptors (Lipinski definition) is 9. The zero-order chi connectivity index (χ0) is 24.4. The van der Waals surface area contributed by atoms with E-state index in [0.29, 0.717) is 35.3 Å². The van der Waals surface area contributed by atoms with E-state index in [-0.39, 0.29) is 17.1 Å². The van der Waals surface area contributed by atoms with Gasteiger partial charge in [-0.15, -0.1) is 11.3 Å². The standard InChI is InChI=1S/C22H22ClFN4O5S/c1-11-18(21(29)30)28(6-7-33-11)10-15-16(22(31)32-2)17(13-4-3-12(24)9-14(13)23)27-19(26-15)20-25-5-8-34-20/h3-5,8-9,11,17-18H,6-7,10H2,1-2H3,(H,26,27)(H,29,30)/t11-,17+,18+/m1/s1. The minimum atomic E-state index is -1.03. The first-order valence-electron chi connectivity index (χ1n) is 10.4. The molecule has 180 valence electrons. The maximum absolute atomic E-state index is 13.8. The minimum absolute atomic E-state index is 0.0782.